The van der Waals surface area contributed by atoms with E-state index in [4.69, 9.17) is 0 Å². The predicted octanol–water partition coefficient (Wildman–Crippen LogP) is 1.72. The minimum absolute atomic E-state index is 0.720. The average Bonchev–Trinajstić information content (AvgIpc) is 1.60. The number of halogens is 4. The molecule has 1 unspecified atom stereocenters. The van der Waals surface area contributed by atoms with Gasteiger partial charge < -0.3 is 0 Å². The van der Waals surface area contributed by atoms with E-state index in [-0.39, 0.29) is 0 Å². The van der Waals surface area contributed by atoms with Gasteiger partial charge >= 0.3 is 6.18 Å². The van der Waals surface area contributed by atoms with Crippen LogP contribution in [-0.4, -0.2) is 18.6 Å². The van der Waals surface area contributed by atoms with Crippen LogP contribution in [0.2, 0.25) is 0 Å². The highest BCUT2D eigenvalue weighted by atomic mass is 19.4. The summed E-state index contributed by atoms with van der Waals surface area (Å²) in [4.78, 5) is 10.1. The molecule has 0 saturated heterocycles. The third-order valence-electron chi connectivity index (χ3n) is 1.04. The third-order valence-corrected chi connectivity index (χ3v) is 1.04. The van der Waals surface area contributed by atoms with Crippen molar-refractivity contribution in [2.24, 2.45) is 5.92 Å². The van der Waals surface area contributed by atoms with E-state index in [1.165, 1.54) is 0 Å². The lowest BCUT2D eigenvalue weighted by Crippen LogP contribution is -2.30. The summed E-state index contributed by atoms with van der Waals surface area (Å²) in [6.45, 7) is -0.948. The molecule has 0 bridgehead atoms. The van der Waals surface area contributed by atoms with Crippen molar-refractivity contribution in [2.45, 2.75) is 13.1 Å². The first-order chi connectivity index (χ1) is 4.39. The van der Waals surface area contributed by atoms with E-state index in [9.17, 15) is 22.4 Å². The van der Waals surface area contributed by atoms with Gasteiger partial charge in [-0.3, -0.25) is 4.79 Å². The predicted molar refractivity (Wildman–Crippen MR) is 26.2 cm³/mol. The van der Waals surface area contributed by atoms with Crippen LogP contribution < -0.4 is 0 Å². The van der Waals surface area contributed by atoms with E-state index >= 15 is 0 Å². The Morgan fingerprint density at radius 2 is 1.90 bits per heavy atom. The second kappa shape index (κ2) is 2.98. The maximum atomic E-state index is 11.5. The molecule has 0 aliphatic rings. The van der Waals surface area contributed by atoms with Gasteiger partial charge in [-0.25, -0.2) is 4.39 Å². The summed E-state index contributed by atoms with van der Waals surface area (Å²) in [6.07, 6.45) is -4.74. The Kier molecular flexibility index (Phi) is 2.80. The zero-order valence-electron chi connectivity index (χ0n) is 5.20. The molecule has 10 heavy (non-hydrogen) atoms. The number of Topliss-reactive ketones (excluding diaryl/α,β-unsaturated/α-hetero) is 1. The molecule has 0 aromatic rings. The van der Waals surface area contributed by atoms with Crippen LogP contribution in [0.1, 0.15) is 6.92 Å². The van der Waals surface area contributed by atoms with Crippen molar-refractivity contribution in [1.29, 1.82) is 0 Å². The highest BCUT2D eigenvalue weighted by Gasteiger charge is 2.42. The summed E-state index contributed by atoms with van der Waals surface area (Å²) in [5, 5.41) is 0. The Morgan fingerprint density at radius 3 is 1.90 bits per heavy atom. The first-order valence-electron chi connectivity index (χ1n) is 2.52. The number of rotatable bonds is 2. The monoisotopic (exact) mass is 158 g/mol. The number of alkyl halides is 4. The zero-order chi connectivity index (χ0) is 8.36. The molecule has 0 aromatic carbocycles. The fourth-order valence-corrected chi connectivity index (χ4v) is 0.427. The van der Waals surface area contributed by atoms with Crippen LogP contribution >= 0.6 is 0 Å². The van der Waals surface area contributed by atoms with Gasteiger partial charge in [0, 0.05) is 0 Å². The van der Waals surface area contributed by atoms with Gasteiger partial charge in [-0.1, -0.05) is 0 Å². The van der Waals surface area contributed by atoms with Crippen molar-refractivity contribution in [1.82, 2.24) is 0 Å². The van der Waals surface area contributed by atoms with E-state index < -0.39 is 24.6 Å². The molecule has 0 spiro atoms. The fourth-order valence-electron chi connectivity index (χ4n) is 0.427. The molecule has 60 valence electrons. The van der Waals surface area contributed by atoms with Crippen LogP contribution in [0.3, 0.4) is 0 Å². The lowest BCUT2D eigenvalue weighted by molar-refractivity contribution is -0.182. The van der Waals surface area contributed by atoms with Crippen LogP contribution in [0.5, 0.6) is 0 Å². The smallest absolute Gasteiger partial charge is 0.299 e. The number of ketones is 1. The molecule has 1 nitrogen and oxygen atoms in total. The first-order valence-corrected chi connectivity index (χ1v) is 2.52. The number of hydrogen-bond acceptors (Lipinski definition) is 1. The largest absolute Gasteiger partial charge is 0.401 e. The molecule has 0 radical (unpaired) electrons. The van der Waals surface area contributed by atoms with Gasteiger partial charge in [-0.2, -0.15) is 13.2 Å². The maximum Gasteiger partial charge on any atom is 0.401 e. The lowest BCUT2D eigenvalue weighted by Gasteiger charge is -2.12. The molecular formula is C5H6F4O. The topological polar surface area (TPSA) is 17.1 Å². The Labute approximate surface area is 55.0 Å². The van der Waals surface area contributed by atoms with Gasteiger partial charge in [0.05, 0.1) is 0 Å². The van der Waals surface area contributed by atoms with Gasteiger partial charge in [-0.05, 0) is 6.92 Å². The summed E-state index contributed by atoms with van der Waals surface area (Å²) >= 11 is 0. The molecule has 1 atom stereocenters. The van der Waals surface area contributed by atoms with Gasteiger partial charge in [-0.15, -0.1) is 0 Å². The molecule has 0 aliphatic carbocycles. The van der Waals surface area contributed by atoms with E-state index in [2.05, 4.69) is 0 Å². The fraction of sp³-hybridized carbons (Fsp3) is 0.800. The summed E-state index contributed by atoms with van der Waals surface area (Å²) < 4.78 is 46.0. The standard InChI is InChI=1S/C5H6F4O/c1-3(10)4(2-6)5(7,8)9/h4H,2H2,1H3. The van der Waals surface area contributed by atoms with Crippen LogP contribution in [-0.2, 0) is 4.79 Å². The number of hydrogen-bond donors (Lipinski definition) is 0. The lowest BCUT2D eigenvalue weighted by atomic mass is 10.1. The summed E-state index contributed by atoms with van der Waals surface area (Å²) in [7, 11) is 0. The number of carbonyl (C=O) groups is 1. The van der Waals surface area contributed by atoms with E-state index in [1.807, 2.05) is 0 Å². The maximum absolute atomic E-state index is 11.5. The first kappa shape index (κ1) is 9.39. The normalized spacial score (nSPS) is 14.9. The van der Waals surface area contributed by atoms with Crippen molar-refractivity contribution in [3.05, 3.63) is 0 Å². The van der Waals surface area contributed by atoms with E-state index in [0.717, 1.165) is 6.92 Å². The van der Waals surface area contributed by atoms with Gasteiger partial charge in [0.2, 0.25) is 0 Å². The van der Waals surface area contributed by atoms with Crippen molar-refractivity contribution >= 4 is 5.78 Å². The molecular weight excluding hydrogens is 152 g/mol. The number of carbonyl (C=O) groups excluding carboxylic acids is 1. The highest BCUT2D eigenvalue weighted by Crippen LogP contribution is 2.26. The Balaban J connectivity index is 4.22. The molecule has 0 heterocycles. The average molecular weight is 158 g/mol. The molecule has 0 N–H and O–H groups in total. The van der Waals surface area contributed by atoms with Crippen LogP contribution in [0.25, 0.3) is 0 Å². The highest BCUT2D eigenvalue weighted by molar-refractivity contribution is 5.79. The van der Waals surface area contributed by atoms with Gasteiger partial charge in [0.1, 0.15) is 18.4 Å². The van der Waals surface area contributed by atoms with Crippen molar-refractivity contribution < 1.29 is 22.4 Å². The van der Waals surface area contributed by atoms with Crippen molar-refractivity contribution in [3.8, 4) is 0 Å². The van der Waals surface area contributed by atoms with Gasteiger partial charge in [0.25, 0.3) is 0 Å². The SMILES string of the molecule is CC(=O)C(CF)C(F)(F)F. The van der Waals surface area contributed by atoms with Crippen LogP contribution in [0, 0.1) is 5.92 Å². The minimum Gasteiger partial charge on any atom is -0.299 e. The molecule has 0 aliphatic heterocycles. The molecule has 0 aromatic heterocycles. The Morgan fingerprint density at radius 1 is 1.50 bits per heavy atom. The molecule has 5 heteroatoms. The van der Waals surface area contributed by atoms with Crippen LogP contribution in [0.4, 0.5) is 17.6 Å². The van der Waals surface area contributed by atoms with Crippen LogP contribution in [0.15, 0.2) is 0 Å². The summed E-state index contributed by atoms with van der Waals surface area (Å²) in [5.41, 5.74) is 0. The van der Waals surface area contributed by atoms with Gasteiger partial charge in [0.15, 0.2) is 0 Å². The summed E-state index contributed by atoms with van der Waals surface area (Å²) in [5.74, 6) is -3.62. The van der Waals surface area contributed by atoms with E-state index in [1.54, 1.807) is 0 Å². The third kappa shape index (κ3) is 2.33. The zero-order valence-corrected chi connectivity index (χ0v) is 5.20. The molecule has 0 fully saturated rings. The molecule has 0 rings (SSSR count). The molecule has 0 amide bonds. The van der Waals surface area contributed by atoms with Crippen molar-refractivity contribution in [3.63, 3.8) is 0 Å². The molecule has 0 saturated carbocycles. The quantitative estimate of drug-likeness (QED) is 0.559. The van der Waals surface area contributed by atoms with E-state index in [0.29, 0.717) is 0 Å². The second-order valence-electron chi connectivity index (χ2n) is 1.86. The minimum atomic E-state index is -4.74. The Hall–Kier alpha value is -0.610. The summed E-state index contributed by atoms with van der Waals surface area (Å²) in [6, 6.07) is 0. The van der Waals surface area contributed by atoms with Crippen molar-refractivity contribution in [2.75, 3.05) is 6.67 Å². The Bertz CT molecular complexity index is 128. The second-order valence-corrected chi connectivity index (χ2v) is 1.86.